The van der Waals surface area contributed by atoms with E-state index >= 15 is 0 Å². The predicted octanol–water partition coefficient (Wildman–Crippen LogP) is 2.00. The van der Waals surface area contributed by atoms with Gasteiger partial charge in [0.2, 0.25) is 0 Å². The fourth-order valence-electron chi connectivity index (χ4n) is 1.61. The molecule has 2 aromatic heterocycles. The lowest BCUT2D eigenvalue weighted by atomic mass is 10.2. The van der Waals surface area contributed by atoms with Gasteiger partial charge < -0.3 is 14.6 Å². The molecule has 0 fully saturated rings. The van der Waals surface area contributed by atoms with Gasteiger partial charge in [-0.1, -0.05) is 11.6 Å². The quantitative estimate of drug-likeness (QED) is 0.876. The Labute approximate surface area is 121 Å². The van der Waals surface area contributed by atoms with Crippen LogP contribution in [0.5, 0.6) is 0 Å². The van der Waals surface area contributed by atoms with Gasteiger partial charge in [0.15, 0.2) is 10.8 Å². The molecule has 0 bridgehead atoms. The molecule has 2 rings (SSSR count). The van der Waals surface area contributed by atoms with E-state index in [-0.39, 0.29) is 0 Å². The van der Waals surface area contributed by atoms with Crippen LogP contribution in [0.25, 0.3) is 11.2 Å². The molecule has 1 amide bonds. The van der Waals surface area contributed by atoms with Gasteiger partial charge in [-0.3, -0.25) is 0 Å². The number of carbonyl (C=O) groups is 1. The molecule has 8 heteroatoms. The largest absolute Gasteiger partial charge is 0.444 e. The second-order valence-electron chi connectivity index (χ2n) is 5.20. The number of amides is 1. The molecule has 7 nitrogen and oxygen atoms in total. The topological polar surface area (TPSA) is 81.9 Å². The van der Waals surface area contributed by atoms with E-state index in [1.54, 1.807) is 10.9 Å². The zero-order chi connectivity index (χ0) is 14.8. The van der Waals surface area contributed by atoms with Crippen LogP contribution in [0.1, 0.15) is 20.8 Å². The Morgan fingerprint density at radius 2 is 2.15 bits per heavy atom. The lowest BCUT2D eigenvalue weighted by Crippen LogP contribution is -2.34. The molecule has 0 spiro atoms. The molecule has 0 saturated carbocycles. The number of halogens is 1. The first-order chi connectivity index (χ1) is 9.37. The second kappa shape index (κ2) is 5.62. The number of fused-ring (bicyclic) bond motifs is 1. The zero-order valence-electron chi connectivity index (χ0n) is 11.6. The zero-order valence-corrected chi connectivity index (χ0v) is 12.3. The first kappa shape index (κ1) is 14.5. The molecule has 0 saturated heterocycles. The van der Waals surface area contributed by atoms with Crippen LogP contribution in [-0.4, -0.2) is 37.8 Å². The molecule has 0 aromatic carbocycles. The molecule has 2 aromatic rings. The van der Waals surface area contributed by atoms with Crippen LogP contribution in [0.2, 0.25) is 5.15 Å². The second-order valence-corrected chi connectivity index (χ2v) is 5.56. The summed E-state index contributed by atoms with van der Waals surface area (Å²) in [7, 11) is 0. The van der Waals surface area contributed by atoms with Crippen LogP contribution < -0.4 is 5.32 Å². The molecule has 108 valence electrons. The SMILES string of the molecule is CC(C)(C)OC(=O)NCCn1cnc2c(Cl)ncnc21. The van der Waals surface area contributed by atoms with Crippen molar-refractivity contribution in [1.29, 1.82) is 0 Å². The van der Waals surface area contributed by atoms with Crippen molar-refractivity contribution >= 4 is 28.9 Å². The van der Waals surface area contributed by atoms with E-state index in [1.807, 2.05) is 20.8 Å². The van der Waals surface area contributed by atoms with E-state index in [1.165, 1.54) is 6.33 Å². The summed E-state index contributed by atoms with van der Waals surface area (Å²) < 4.78 is 6.93. The normalized spacial score (nSPS) is 11.6. The van der Waals surface area contributed by atoms with Crippen molar-refractivity contribution in [3.8, 4) is 0 Å². The van der Waals surface area contributed by atoms with Crippen molar-refractivity contribution < 1.29 is 9.53 Å². The molecule has 20 heavy (non-hydrogen) atoms. The van der Waals surface area contributed by atoms with Crippen LogP contribution in [0.3, 0.4) is 0 Å². The minimum absolute atomic E-state index is 0.314. The van der Waals surface area contributed by atoms with Crippen molar-refractivity contribution in [3.05, 3.63) is 17.8 Å². The number of ether oxygens (including phenoxy) is 1. The van der Waals surface area contributed by atoms with Gasteiger partial charge in [0.1, 0.15) is 17.4 Å². The highest BCUT2D eigenvalue weighted by Gasteiger charge is 2.15. The minimum atomic E-state index is -0.507. The number of hydrogen-bond donors (Lipinski definition) is 1. The van der Waals surface area contributed by atoms with Gasteiger partial charge in [-0.15, -0.1) is 0 Å². The fourth-order valence-corrected chi connectivity index (χ4v) is 1.79. The van der Waals surface area contributed by atoms with Crippen molar-refractivity contribution in [2.45, 2.75) is 32.9 Å². The molecule has 0 atom stereocenters. The smallest absolute Gasteiger partial charge is 0.407 e. The van der Waals surface area contributed by atoms with Crippen molar-refractivity contribution in [1.82, 2.24) is 24.8 Å². The number of rotatable bonds is 3. The highest BCUT2D eigenvalue weighted by Crippen LogP contribution is 2.16. The van der Waals surface area contributed by atoms with E-state index < -0.39 is 11.7 Å². The maximum atomic E-state index is 11.5. The molecule has 1 N–H and O–H groups in total. The lowest BCUT2D eigenvalue weighted by molar-refractivity contribution is 0.0526. The molecule has 0 aliphatic rings. The van der Waals surface area contributed by atoms with Gasteiger partial charge in [0.05, 0.1) is 6.33 Å². The number of nitrogens with one attached hydrogen (secondary N) is 1. The van der Waals surface area contributed by atoms with Gasteiger partial charge >= 0.3 is 6.09 Å². The maximum Gasteiger partial charge on any atom is 0.407 e. The van der Waals surface area contributed by atoms with Crippen LogP contribution in [0.15, 0.2) is 12.7 Å². The average Bonchev–Trinajstić information content (AvgIpc) is 2.72. The van der Waals surface area contributed by atoms with Crippen LogP contribution in [0.4, 0.5) is 4.79 Å². The van der Waals surface area contributed by atoms with Gasteiger partial charge in [-0.2, -0.15) is 0 Å². The van der Waals surface area contributed by atoms with E-state index in [2.05, 4.69) is 20.3 Å². The monoisotopic (exact) mass is 297 g/mol. The Bertz CT molecular complexity index is 620. The molecular weight excluding hydrogens is 282 g/mol. The van der Waals surface area contributed by atoms with Crippen LogP contribution in [0, 0.1) is 0 Å². The van der Waals surface area contributed by atoms with Crippen molar-refractivity contribution in [2.24, 2.45) is 0 Å². The third-order valence-electron chi connectivity index (χ3n) is 2.38. The Hall–Kier alpha value is -1.89. The molecule has 0 unspecified atom stereocenters. The van der Waals surface area contributed by atoms with Gasteiger partial charge in [0.25, 0.3) is 0 Å². The summed E-state index contributed by atoms with van der Waals surface area (Å²) in [4.78, 5) is 23.6. The fraction of sp³-hybridized carbons (Fsp3) is 0.500. The summed E-state index contributed by atoms with van der Waals surface area (Å²) in [6, 6.07) is 0. The minimum Gasteiger partial charge on any atom is -0.444 e. The maximum absolute atomic E-state index is 11.5. The Morgan fingerprint density at radius 1 is 1.40 bits per heavy atom. The van der Waals surface area contributed by atoms with Gasteiger partial charge in [-0.25, -0.2) is 19.7 Å². The third kappa shape index (κ3) is 3.57. The first-order valence-electron chi connectivity index (χ1n) is 6.15. The van der Waals surface area contributed by atoms with Crippen LogP contribution >= 0.6 is 11.6 Å². The number of hydrogen-bond acceptors (Lipinski definition) is 5. The van der Waals surface area contributed by atoms with E-state index in [0.29, 0.717) is 29.4 Å². The van der Waals surface area contributed by atoms with Gasteiger partial charge in [0, 0.05) is 13.1 Å². The molecule has 0 aliphatic carbocycles. The summed E-state index contributed by atoms with van der Waals surface area (Å²) in [5, 5.41) is 2.98. The molecule has 2 heterocycles. The number of imidazole rings is 1. The Morgan fingerprint density at radius 3 is 2.85 bits per heavy atom. The van der Waals surface area contributed by atoms with E-state index in [0.717, 1.165) is 0 Å². The summed E-state index contributed by atoms with van der Waals surface area (Å²) in [5.41, 5.74) is 0.675. The van der Waals surface area contributed by atoms with Crippen LogP contribution in [-0.2, 0) is 11.3 Å². The summed E-state index contributed by atoms with van der Waals surface area (Å²) in [6.45, 7) is 6.36. The summed E-state index contributed by atoms with van der Waals surface area (Å²) in [5.74, 6) is 0. The van der Waals surface area contributed by atoms with Crippen molar-refractivity contribution in [2.75, 3.05) is 6.54 Å². The van der Waals surface area contributed by atoms with E-state index in [4.69, 9.17) is 16.3 Å². The third-order valence-corrected chi connectivity index (χ3v) is 2.65. The first-order valence-corrected chi connectivity index (χ1v) is 6.53. The standard InChI is InChI=1S/C12H16ClN5O2/c1-12(2,3)20-11(19)14-4-5-18-7-17-8-9(13)15-6-16-10(8)18/h6-7H,4-5H2,1-3H3,(H,14,19). The predicted molar refractivity (Wildman–Crippen MR) is 74.6 cm³/mol. The number of alkyl carbamates (subject to hydrolysis) is 1. The Balaban J connectivity index is 1.94. The molecule has 0 radical (unpaired) electrons. The number of nitrogens with zero attached hydrogens (tertiary/aromatic N) is 4. The van der Waals surface area contributed by atoms with Gasteiger partial charge in [-0.05, 0) is 20.8 Å². The lowest BCUT2D eigenvalue weighted by Gasteiger charge is -2.19. The highest BCUT2D eigenvalue weighted by atomic mass is 35.5. The number of carbonyl (C=O) groups excluding carboxylic acids is 1. The van der Waals surface area contributed by atoms with E-state index in [9.17, 15) is 4.79 Å². The average molecular weight is 298 g/mol. The molecular formula is C12H16ClN5O2. The summed E-state index contributed by atoms with van der Waals surface area (Å²) >= 11 is 5.91. The van der Waals surface area contributed by atoms with Crippen molar-refractivity contribution in [3.63, 3.8) is 0 Å². The highest BCUT2D eigenvalue weighted by molar-refractivity contribution is 6.33. The number of aromatic nitrogens is 4. The summed E-state index contributed by atoms with van der Waals surface area (Å²) in [6.07, 6.45) is 2.54. The Kier molecular flexibility index (Phi) is 4.08. The molecule has 0 aliphatic heterocycles.